The van der Waals surface area contributed by atoms with Gasteiger partial charge in [0.05, 0.1) is 0 Å². The summed E-state index contributed by atoms with van der Waals surface area (Å²) in [6.07, 6.45) is 5.60. The molecule has 36 heavy (non-hydrogen) atoms. The van der Waals surface area contributed by atoms with E-state index >= 15 is 0 Å². The van der Waals surface area contributed by atoms with E-state index in [1.165, 1.54) is 5.56 Å². The number of amides is 1. The van der Waals surface area contributed by atoms with Crippen LogP contribution in [0.5, 0.6) is 0 Å². The number of nitrogens with zero attached hydrogens (tertiary/aromatic N) is 2. The molecule has 0 radical (unpaired) electrons. The average molecular weight is 586 g/mol. The normalized spacial score (nSPS) is 18.2. The van der Waals surface area contributed by atoms with Gasteiger partial charge in [-0.05, 0) is 0 Å². The van der Waals surface area contributed by atoms with Gasteiger partial charge >= 0.3 is 224 Å². The van der Waals surface area contributed by atoms with Gasteiger partial charge in [-0.3, -0.25) is 0 Å². The zero-order chi connectivity index (χ0) is 25.0. The van der Waals surface area contributed by atoms with E-state index in [9.17, 15) is 4.79 Å². The summed E-state index contributed by atoms with van der Waals surface area (Å²) in [5.41, 5.74) is 5.29. The molecule has 3 atom stereocenters. The third kappa shape index (κ3) is 5.07. The zero-order valence-electron chi connectivity index (χ0n) is 20.2. The van der Waals surface area contributed by atoms with E-state index in [4.69, 9.17) is 0 Å². The van der Waals surface area contributed by atoms with Crippen molar-refractivity contribution in [1.82, 2.24) is 10.3 Å². The van der Waals surface area contributed by atoms with Gasteiger partial charge in [0.25, 0.3) is 0 Å². The van der Waals surface area contributed by atoms with Crippen LogP contribution in [0.2, 0.25) is 0 Å². The fourth-order valence-corrected chi connectivity index (χ4v) is 6.81. The first-order chi connectivity index (χ1) is 17.6. The fraction of sp³-hybridized carbons (Fsp3) is 0.161. The molecule has 0 spiro atoms. The third-order valence-corrected chi connectivity index (χ3v) is 9.82. The first-order valence-electron chi connectivity index (χ1n) is 12.1. The number of carbonyl (C=O) groups excluding carboxylic acids is 1. The summed E-state index contributed by atoms with van der Waals surface area (Å²) in [5, 5.41) is 3.28. The second-order valence-corrected chi connectivity index (χ2v) is 12.3. The van der Waals surface area contributed by atoms with Gasteiger partial charge in [-0.25, -0.2) is 0 Å². The molecule has 2 heterocycles. The molecule has 0 saturated carbocycles. The van der Waals surface area contributed by atoms with E-state index in [0.29, 0.717) is 0 Å². The topological polar surface area (TPSA) is 45.2 Å². The number of halogens is 1. The summed E-state index contributed by atoms with van der Waals surface area (Å²) in [6, 6.07) is 32.2. The Morgan fingerprint density at radius 1 is 0.944 bits per heavy atom. The number of carbonyl (C=O) groups is 1. The molecular formula is C31H29IN3O-. The predicted molar refractivity (Wildman–Crippen MR) is 142 cm³/mol. The predicted octanol–water partition coefficient (Wildman–Crippen LogP) is 3.16. The Balaban J connectivity index is 1.53. The van der Waals surface area contributed by atoms with Crippen LogP contribution in [0, 0.1) is 0 Å². The van der Waals surface area contributed by atoms with Crippen LogP contribution >= 0.6 is 0 Å². The van der Waals surface area contributed by atoms with Crippen LogP contribution in [0.1, 0.15) is 30.1 Å². The number of nitrogens with one attached hydrogen (secondary N) is 1. The molecule has 1 saturated heterocycles. The van der Waals surface area contributed by atoms with Gasteiger partial charge in [0.15, 0.2) is 0 Å². The standard InChI is InChI=1S/C31H29IN3O/c1-3-31(22-32-31)35(28-18-16-26(17-19-28)25-13-8-5-9-14-25)29(27-15-10-20-33-21-27)30(36)34-23(2)24-11-6-4-7-12-24/h3-21,23,29H,1,22H2,2H3,(H,34,36)/q-1/t23-,29?,31?/m0/s1. The monoisotopic (exact) mass is 586 g/mol. The van der Waals surface area contributed by atoms with Crippen LogP contribution in [0.25, 0.3) is 11.1 Å². The number of alkyl halides is 2. The zero-order valence-corrected chi connectivity index (χ0v) is 22.4. The molecule has 2 unspecified atom stereocenters. The summed E-state index contributed by atoms with van der Waals surface area (Å²) in [4.78, 5) is 20.7. The minimum atomic E-state index is -0.521. The van der Waals surface area contributed by atoms with Gasteiger partial charge in [0, 0.05) is 0 Å². The second-order valence-electron chi connectivity index (χ2n) is 8.90. The van der Waals surface area contributed by atoms with Crippen molar-refractivity contribution >= 4 is 11.6 Å². The Hall–Kier alpha value is -3.45. The number of rotatable bonds is 9. The maximum absolute atomic E-state index is 14.0. The molecule has 0 aliphatic carbocycles. The molecule has 1 fully saturated rings. The second kappa shape index (κ2) is 10.7. The Morgan fingerprint density at radius 2 is 1.56 bits per heavy atom. The van der Waals surface area contributed by atoms with E-state index in [1.807, 2.05) is 73.7 Å². The molecule has 1 aliphatic rings. The summed E-state index contributed by atoms with van der Waals surface area (Å²) in [5.74, 6) is -0.0383. The molecule has 4 nitrogen and oxygen atoms in total. The SMILES string of the molecule is C=CC1(N(c2ccc(-c3ccccc3)cc2)C(C(=O)N[C@@H](C)c2ccccc2)c2cccnc2)C[I-]1. The van der Waals surface area contributed by atoms with Crippen molar-refractivity contribution < 1.29 is 26.0 Å². The van der Waals surface area contributed by atoms with Crippen molar-refractivity contribution in [3.8, 4) is 11.1 Å². The Labute approximate surface area is 223 Å². The van der Waals surface area contributed by atoms with E-state index in [-0.39, 0.29) is 36.7 Å². The minimum absolute atomic E-state index is 0.0383. The molecule has 1 N–H and O–H groups in total. The first-order valence-corrected chi connectivity index (χ1v) is 14.7. The van der Waals surface area contributed by atoms with Gasteiger partial charge in [0.2, 0.25) is 0 Å². The molecule has 5 rings (SSSR count). The number of anilines is 1. The van der Waals surface area contributed by atoms with Crippen LogP contribution in [0.3, 0.4) is 0 Å². The molecule has 182 valence electrons. The van der Waals surface area contributed by atoms with Crippen molar-refractivity contribution in [2.75, 3.05) is 9.33 Å². The molecule has 4 aromatic rings. The van der Waals surface area contributed by atoms with Crippen molar-refractivity contribution in [1.29, 1.82) is 0 Å². The van der Waals surface area contributed by atoms with Crippen LogP contribution < -0.4 is 31.4 Å². The van der Waals surface area contributed by atoms with Crippen molar-refractivity contribution in [2.45, 2.75) is 22.6 Å². The summed E-state index contributed by atoms with van der Waals surface area (Å²) < 4.78 is 0.898. The Bertz CT molecular complexity index is 1310. The van der Waals surface area contributed by atoms with E-state index in [2.05, 4.69) is 58.2 Å². The van der Waals surface area contributed by atoms with Gasteiger partial charge in [-0.15, -0.1) is 0 Å². The molecule has 0 bridgehead atoms. The summed E-state index contributed by atoms with van der Waals surface area (Å²) in [7, 11) is 0. The maximum atomic E-state index is 14.0. The fourth-order valence-electron chi connectivity index (χ4n) is 4.50. The number of benzene rings is 3. The quantitative estimate of drug-likeness (QED) is 0.142. The van der Waals surface area contributed by atoms with Crippen LogP contribution in [-0.4, -0.2) is 18.9 Å². The average Bonchev–Trinajstić information content (AvgIpc) is 3.74. The molecule has 1 aromatic heterocycles. The van der Waals surface area contributed by atoms with Gasteiger partial charge in [0.1, 0.15) is 0 Å². The third-order valence-electron chi connectivity index (χ3n) is 6.54. The molecule has 1 aliphatic heterocycles. The van der Waals surface area contributed by atoms with E-state index in [0.717, 1.165) is 26.8 Å². The molecule has 1 amide bonds. The van der Waals surface area contributed by atoms with Crippen molar-refractivity contribution in [2.24, 2.45) is 0 Å². The van der Waals surface area contributed by atoms with E-state index < -0.39 is 6.04 Å². The van der Waals surface area contributed by atoms with Gasteiger partial charge in [-0.2, -0.15) is 0 Å². The van der Waals surface area contributed by atoms with Crippen LogP contribution in [-0.2, 0) is 4.79 Å². The van der Waals surface area contributed by atoms with Gasteiger partial charge in [-0.1, -0.05) is 0 Å². The summed E-state index contributed by atoms with van der Waals surface area (Å²) in [6.45, 7) is 6.22. The van der Waals surface area contributed by atoms with Crippen LogP contribution in [0.4, 0.5) is 5.69 Å². The van der Waals surface area contributed by atoms with Crippen molar-refractivity contribution in [3.05, 3.63) is 133 Å². The van der Waals surface area contributed by atoms with Crippen molar-refractivity contribution in [3.63, 3.8) is 0 Å². The Kier molecular flexibility index (Phi) is 7.18. The number of hydrogen-bond acceptors (Lipinski definition) is 3. The van der Waals surface area contributed by atoms with Gasteiger partial charge < -0.3 is 0 Å². The molecule has 3 aromatic carbocycles. The number of hydrogen-bond donors (Lipinski definition) is 1. The number of aromatic nitrogens is 1. The number of pyridine rings is 1. The molecular weight excluding hydrogens is 557 g/mol. The summed E-state index contributed by atoms with van der Waals surface area (Å²) >= 11 is -0.140. The van der Waals surface area contributed by atoms with Crippen LogP contribution in [0.15, 0.2) is 122 Å². The van der Waals surface area contributed by atoms with E-state index in [1.54, 1.807) is 12.4 Å². The first kappa shape index (κ1) is 24.3. The Morgan fingerprint density at radius 3 is 2.14 bits per heavy atom. The molecule has 5 heteroatoms.